The summed E-state index contributed by atoms with van der Waals surface area (Å²) in [6.07, 6.45) is 0. The molecule has 0 bridgehead atoms. The van der Waals surface area contributed by atoms with E-state index in [0.29, 0.717) is 0 Å². The van der Waals surface area contributed by atoms with Crippen LogP contribution in [0.3, 0.4) is 0 Å². The van der Waals surface area contributed by atoms with Crippen LogP contribution in [-0.4, -0.2) is 0 Å². The first kappa shape index (κ1) is 32.9. The van der Waals surface area contributed by atoms with Crippen molar-refractivity contribution < 1.29 is 8.68 Å². The van der Waals surface area contributed by atoms with Crippen molar-refractivity contribution in [3.8, 4) is 0 Å². The molecule has 0 aromatic heterocycles. The van der Waals surface area contributed by atoms with Gasteiger partial charge in [-0.15, -0.1) is 0 Å². The molecule has 0 radical (unpaired) electrons. The van der Waals surface area contributed by atoms with Gasteiger partial charge in [0.1, 0.15) is 0 Å². The van der Waals surface area contributed by atoms with Crippen LogP contribution in [0.5, 0.6) is 0 Å². The summed E-state index contributed by atoms with van der Waals surface area (Å²) in [5.74, 6) is 0. The molecule has 6 heteroatoms. The number of benzene rings is 6. The van der Waals surface area contributed by atoms with Crippen LogP contribution < -0.4 is 31.8 Å². The quantitative estimate of drug-likeness (QED) is 0.119. The molecule has 7 rings (SSSR count). The van der Waals surface area contributed by atoms with Crippen molar-refractivity contribution in [2.75, 3.05) is 0 Å². The van der Waals surface area contributed by atoms with Gasteiger partial charge in [0.15, 0.2) is 0 Å². The Kier molecular flexibility index (Phi) is 11.7. The number of hydrogen-bond acceptors (Lipinski definition) is 0. The molecule has 0 N–H and O–H groups in total. The molecule has 0 spiro atoms. The summed E-state index contributed by atoms with van der Waals surface area (Å²) in [6.45, 7) is 0. The Balaban J connectivity index is 0.000000147. The van der Waals surface area contributed by atoms with Gasteiger partial charge in [0, 0.05) is 0 Å². The maximum atomic E-state index is 5.54. The smallest absolute Gasteiger partial charge is 0.0134 e. The van der Waals surface area contributed by atoms with E-state index in [1.54, 1.807) is 0 Å². The van der Waals surface area contributed by atoms with E-state index in [0.717, 1.165) is 10.8 Å². The molecule has 0 unspecified atom stereocenters. The average molecular weight is 718 g/mol. The van der Waals surface area contributed by atoms with Crippen LogP contribution in [0.25, 0.3) is 0 Å². The summed E-state index contributed by atoms with van der Waals surface area (Å²) < 4.78 is 0. The van der Waals surface area contributed by atoms with Gasteiger partial charge < -0.3 is 0 Å². The van der Waals surface area contributed by atoms with Crippen molar-refractivity contribution in [2.24, 2.45) is 0 Å². The predicted octanol–water partition coefficient (Wildman–Crippen LogP) is 9.88. The molecular weight excluding hydrogens is 683 g/mol. The first-order valence-electron chi connectivity index (χ1n) is 14.1. The standard InChI is InChI=1S/2C18H15P.C2H4.3ClH.Ni/c2*1-4-10-16(11-5-1)19(17-12-6-2-7-13-17)18-14-8-3-9-15-18;1-2;;;;/h2*1-15H;1-2H2;3*1H;/q;;;;;;+3/p-3. The second kappa shape index (κ2) is 15.7. The third-order valence-corrected chi connectivity index (χ3v) is 16.1. The van der Waals surface area contributed by atoms with E-state index >= 15 is 0 Å². The normalized spacial score (nSPS) is 15.0. The molecule has 1 heterocycles. The van der Waals surface area contributed by atoms with Crippen molar-refractivity contribution >= 4 is 78.3 Å². The fraction of sp³-hybridized carbons (Fsp3) is 0.0526. The molecule has 44 heavy (non-hydrogen) atoms. The summed E-state index contributed by atoms with van der Waals surface area (Å²) in [6, 6.07) is 64.7. The van der Waals surface area contributed by atoms with Crippen molar-refractivity contribution in [3.63, 3.8) is 0 Å². The van der Waals surface area contributed by atoms with Crippen molar-refractivity contribution in [1.29, 1.82) is 0 Å². The zero-order chi connectivity index (χ0) is 30.7. The molecule has 227 valence electrons. The second-order valence-electron chi connectivity index (χ2n) is 9.80. The van der Waals surface area contributed by atoms with Crippen LogP contribution >= 0.6 is 46.4 Å². The van der Waals surface area contributed by atoms with Crippen LogP contribution in [0.4, 0.5) is 0 Å². The van der Waals surface area contributed by atoms with E-state index in [2.05, 4.69) is 182 Å². The minimum absolute atomic E-state index is 0.446. The Hall–Kier alpha value is -2.46. The van der Waals surface area contributed by atoms with Gasteiger partial charge in [0.05, 0.1) is 0 Å². The summed E-state index contributed by atoms with van der Waals surface area (Å²) in [5, 5.41) is 10.0. The minimum Gasteiger partial charge on any atom is -0.0622 e. The molecule has 0 aliphatic carbocycles. The van der Waals surface area contributed by atoms with Crippen molar-refractivity contribution in [1.82, 2.24) is 0 Å². The van der Waals surface area contributed by atoms with Crippen LogP contribution in [-0.2, 0) is 8.68 Å². The molecule has 1 saturated heterocycles. The van der Waals surface area contributed by atoms with Gasteiger partial charge in [-0.3, -0.25) is 0 Å². The number of hydrogen-bond donors (Lipinski definition) is 0. The van der Waals surface area contributed by atoms with Crippen LogP contribution in [0.15, 0.2) is 182 Å². The summed E-state index contributed by atoms with van der Waals surface area (Å²) in [4.78, 5) is 0. The van der Waals surface area contributed by atoms with Gasteiger partial charge in [0.25, 0.3) is 0 Å². The topological polar surface area (TPSA) is 0 Å². The molecule has 1 fully saturated rings. The Morgan fingerprint density at radius 1 is 0.295 bits per heavy atom. The predicted molar refractivity (Wildman–Crippen MR) is 197 cm³/mol. The maximum Gasteiger partial charge on any atom is -0.0134 e. The SMILES string of the molecule is [Cl][Ni]1([Cl])([Cl])[CH2][CH2]1.c1ccc(P(c2ccccc2)c2ccccc2)cc1.c1ccc(P(c2ccccc2)c2ccccc2)cc1. The Morgan fingerprint density at radius 2 is 0.432 bits per heavy atom. The molecule has 1 aliphatic heterocycles. The number of rotatable bonds is 6. The van der Waals surface area contributed by atoms with Crippen LogP contribution in [0.2, 0.25) is 10.8 Å². The largest absolute Gasteiger partial charge is 0.0622 e. The van der Waals surface area contributed by atoms with Crippen LogP contribution in [0, 0.1) is 0 Å². The van der Waals surface area contributed by atoms with Gasteiger partial charge >= 0.3 is 50.0 Å². The van der Waals surface area contributed by atoms with Gasteiger partial charge in [-0.25, -0.2) is 0 Å². The average Bonchev–Trinajstić information content (AvgIpc) is 3.72. The van der Waals surface area contributed by atoms with E-state index in [9.17, 15) is 0 Å². The zero-order valence-electron chi connectivity index (χ0n) is 24.1. The van der Waals surface area contributed by atoms with Gasteiger partial charge in [0.2, 0.25) is 0 Å². The monoisotopic (exact) mass is 715 g/mol. The molecule has 0 atom stereocenters. The Morgan fingerprint density at radius 3 is 0.545 bits per heavy atom. The zero-order valence-corrected chi connectivity index (χ0v) is 29.1. The molecule has 0 amide bonds. The van der Waals surface area contributed by atoms with E-state index in [4.69, 9.17) is 30.6 Å². The third-order valence-electron chi connectivity index (χ3n) is 6.60. The molecule has 0 nitrogen and oxygen atoms in total. The van der Waals surface area contributed by atoms with E-state index in [1.807, 2.05) is 0 Å². The third kappa shape index (κ3) is 10.0. The molecular formula is C38H34Cl3NiP2. The summed E-state index contributed by atoms with van der Waals surface area (Å²) in [5.41, 5.74) is 0. The van der Waals surface area contributed by atoms with Gasteiger partial charge in [-0.2, -0.15) is 0 Å². The van der Waals surface area contributed by atoms with E-state index in [-0.39, 0.29) is 0 Å². The number of halogens is 3. The summed E-state index contributed by atoms with van der Waals surface area (Å²) >= 11 is 0. The Bertz CT molecular complexity index is 1370. The first-order chi connectivity index (χ1) is 21.4. The van der Waals surface area contributed by atoms with Crippen LogP contribution in [0.1, 0.15) is 0 Å². The van der Waals surface area contributed by atoms with Crippen molar-refractivity contribution in [2.45, 2.75) is 10.8 Å². The Labute approximate surface area is 277 Å². The fourth-order valence-electron chi connectivity index (χ4n) is 4.41. The molecule has 6 aromatic carbocycles. The van der Waals surface area contributed by atoms with E-state index < -0.39 is 24.5 Å². The van der Waals surface area contributed by atoms with E-state index in [1.165, 1.54) is 31.8 Å². The molecule has 1 aliphatic rings. The molecule has 0 saturated carbocycles. The summed E-state index contributed by atoms with van der Waals surface area (Å²) in [7, 11) is 13.5. The van der Waals surface area contributed by atoms with Crippen molar-refractivity contribution in [3.05, 3.63) is 182 Å². The first-order valence-corrected chi connectivity index (χ1v) is 22.3. The van der Waals surface area contributed by atoms with Gasteiger partial charge in [-0.05, 0) is 47.7 Å². The molecule has 6 aromatic rings. The second-order valence-corrected chi connectivity index (χ2v) is 26.4. The fourth-order valence-corrected chi connectivity index (χ4v) is 11.9. The minimum atomic E-state index is -2.26. The van der Waals surface area contributed by atoms with Gasteiger partial charge in [-0.1, -0.05) is 182 Å². The maximum absolute atomic E-state index is 5.54.